The summed E-state index contributed by atoms with van der Waals surface area (Å²) in [6.07, 6.45) is 2.19. The quantitative estimate of drug-likeness (QED) is 0.746. The molecule has 3 atom stereocenters. The van der Waals surface area contributed by atoms with E-state index in [9.17, 15) is 24.3 Å². The fraction of sp³-hybridized carbons (Fsp3) is 0.524. The minimum Gasteiger partial charge on any atom is -0.481 e. The second kappa shape index (κ2) is 6.57. The average molecular weight is 399 g/mol. The van der Waals surface area contributed by atoms with Gasteiger partial charge in [0.2, 0.25) is 5.91 Å². The number of aliphatic carboxylic acids is 1. The zero-order valence-corrected chi connectivity index (χ0v) is 16.6. The Kier molecular flexibility index (Phi) is 4.40. The van der Waals surface area contributed by atoms with Crippen molar-refractivity contribution in [2.45, 2.75) is 38.6 Å². The molecule has 1 aromatic rings. The minimum absolute atomic E-state index is 0.0649. The molecule has 0 radical (unpaired) electrons. The molecule has 154 valence electrons. The lowest BCUT2D eigenvalue weighted by Crippen LogP contribution is -2.45. The summed E-state index contributed by atoms with van der Waals surface area (Å²) in [4.78, 5) is 52.6. The summed E-state index contributed by atoms with van der Waals surface area (Å²) in [6.45, 7) is 3.69. The van der Waals surface area contributed by atoms with Gasteiger partial charge in [-0.2, -0.15) is 0 Å². The van der Waals surface area contributed by atoms with Crippen LogP contribution in [0.2, 0.25) is 0 Å². The number of nitrogens with zero attached hydrogens (tertiary/aromatic N) is 2. The van der Waals surface area contributed by atoms with Gasteiger partial charge in [0.15, 0.2) is 0 Å². The van der Waals surface area contributed by atoms with Crippen LogP contribution < -0.4 is 5.32 Å². The first-order valence-corrected chi connectivity index (χ1v) is 9.90. The van der Waals surface area contributed by atoms with Crippen LogP contribution in [0.1, 0.15) is 37.3 Å². The van der Waals surface area contributed by atoms with Crippen molar-refractivity contribution >= 4 is 23.8 Å². The summed E-state index contributed by atoms with van der Waals surface area (Å²) >= 11 is 0. The number of aryl methyl sites for hydroxylation is 1. The standard InChI is InChI=1S/C21H25N3O5/c1-13-5-7-14(8-6-13)20(2)17(26)24(19(29)22-20)11-16(25)23-10-15-4-3-9-21(15,12-23)18(27)28/h5-8,15H,3-4,9-12H2,1-2H3,(H,22,29)(H,27,28)/t15-,20?,21+/m0/s1. The molecule has 2 N–H and O–H groups in total. The van der Waals surface area contributed by atoms with Gasteiger partial charge in [0, 0.05) is 13.1 Å². The number of rotatable bonds is 4. The number of hydrogen-bond donors (Lipinski definition) is 2. The molecule has 2 saturated heterocycles. The molecule has 4 amide bonds. The third kappa shape index (κ3) is 2.89. The van der Waals surface area contributed by atoms with Crippen molar-refractivity contribution in [2.75, 3.05) is 19.6 Å². The predicted octanol–water partition coefficient (Wildman–Crippen LogP) is 1.48. The number of imide groups is 1. The van der Waals surface area contributed by atoms with Crippen LogP contribution >= 0.6 is 0 Å². The molecule has 8 nitrogen and oxygen atoms in total. The maximum atomic E-state index is 13.0. The van der Waals surface area contributed by atoms with Gasteiger partial charge in [-0.3, -0.25) is 19.3 Å². The summed E-state index contributed by atoms with van der Waals surface area (Å²) in [5, 5.41) is 12.4. The maximum Gasteiger partial charge on any atom is 0.325 e. The van der Waals surface area contributed by atoms with E-state index in [-0.39, 0.29) is 19.0 Å². The lowest BCUT2D eigenvalue weighted by molar-refractivity contribution is -0.150. The summed E-state index contributed by atoms with van der Waals surface area (Å²) in [6, 6.07) is 6.69. The van der Waals surface area contributed by atoms with E-state index in [0.29, 0.717) is 18.5 Å². The molecule has 2 heterocycles. The van der Waals surface area contributed by atoms with E-state index in [1.807, 2.05) is 19.1 Å². The van der Waals surface area contributed by atoms with Crippen molar-refractivity contribution in [1.82, 2.24) is 15.1 Å². The van der Waals surface area contributed by atoms with Crippen molar-refractivity contribution in [3.63, 3.8) is 0 Å². The first kappa shape index (κ1) is 19.4. The Morgan fingerprint density at radius 3 is 2.55 bits per heavy atom. The number of nitrogens with one attached hydrogen (secondary N) is 1. The molecule has 8 heteroatoms. The molecule has 0 spiro atoms. The van der Waals surface area contributed by atoms with Gasteiger partial charge in [0.05, 0.1) is 5.41 Å². The Bertz CT molecular complexity index is 898. The zero-order valence-electron chi connectivity index (χ0n) is 16.6. The van der Waals surface area contributed by atoms with E-state index in [2.05, 4.69) is 5.32 Å². The van der Waals surface area contributed by atoms with Crippen LogP contribution in [0.3, 0.4) is 0 Å². The molecular formula is C21H25N3O5. The highest BCUT2D eigenvalue weighted by molar-refractivity contribution is 6.09. The van der Waals surface area contributed by atoms with Crippen molar-refractivity contribution in [3.05, 3.63) is 35.4 Å². The van der Waals surface area contributed by atoms with E-state index in [1.54, 1.807) is 19.1 Å². The number of carbonyl (C=O) groups is 4. The normalized spacial score (nSPS) is 31.2. The fourth-order valence-corrected chi connectivity index (χ4v) is 4.99. The van der Waals surface area contributed by atoms with Gasteiger partial charge in [-0.15, -0.1) is 0 Å². The molecule has 29 heavy (non-hydrogen) atoms. The highest BCUT2D eigenvalue weighted by atomic mass is 16.4. The zero-order chi connectivity index (χ0) is 21.0. The molecule has 3 fully saturated rings. The molecule has 4 rings (SSSR count). The van der Waals surface area contributed by atoms with Crippen LogP contribution in [0.5, 0.6) is 0 Å². The number of amides is 4. The van der Waals surface area contributed by atoms with Crippen LogP contribution in [0, 0.1) is 18.3 Å². The topological polar surface area (TPSA) is 107 Å². The molecule has 3 aliphatic rings. The monoisotopic (exact) mass is 399 g/mol. The Balaban J connectivity index is 1.49. The summed E-state index contributed by atoms with van der Waals surface area (Å²) in [5.41, 5.74) is -0.428. The maximum absolute atomic E-state index is 13.0. The van der Waals surface area contributed by atoms with Crippen LogP contribution in [0.25, 0.3) is 0 Å². The Labute approximate surface area is 168 Å². The van der Waals surface area contributed by atoms with Gasteiger partial charge < -0.3 is 15.3 Å². The van der Waals surface area contributed by atoms with E-state index < -0.39 is 34.8 Å². The van der Waals surface area contributed by atoms with Crippen molar-refractivity contribution in [3.8, 4) is 0 Å². The largest absolute Gasteiger partial charge is 0.481 e. The van der Waals surface area contributed by atoms with Gasteiger partial charge in [-0.25, -0.2) is 4.79 Å². The lowest BCUT2D eigenvalue weighted by atomic mass is 9.81. The highest BCUT2D eigenvalue weighted by Gasteiger charge is 2.56. The van der Waals surface area contributed by atoms with E-state index in [1.165, 1.54) is 4.90 Å². The van der Waals surface area contributed by atoms with Crippen LogP contribution in [0.15, 0.2) is 24.3 Å². The summed E-state index contributed by atoms with van der Waals surface area (Å²) < 4.78 is 0. The van der Waals surface area contributed by atoms with E-state index in [4.69, 9.17) is 0 Å². The number of urea groups is 1. The van der Waals surface area contributed by atoms with Crippen LogP contribution in [-0.4, -0.2) is 58.4 Å². The molecule has 2 aliphatic heterocycles. The molecule has 0 aromatic heterocycles. The first-order chi connectivity index (χ1) is 13.7. The van der Waals surface area contributed by atoms with Crippen molar-refractivity contribution in [2.24, 2.45) is 11.3 Å². The van der Waals surface area contributed by atoms with E-state index in [0.717, 1.165) is 23.3 Å². The molecule has 1 aromatic carbocycles. The third-order valence-corrected chi connectivity index (χ3v) is 6.85. The number of carbonyl (C=O) groups excluding carboxylic acids is 3. The van der Waals surface area contributed by atoms with Crippen LogP contribution in [0.4, 0.5) is 4.79 Å². The average Bonchev–Trinajstić information content (AvgIpc) is 3.29. The van der Waals surface area contributed by atoms with Crippen molar-refractivity contribution in [1.29, 1.82) is 0 Å². The molecule has 1 saturated carbocycles. The number of carboxylic acid groups (broad SMARTS) is 1. The number of benzene rings is 1. The highest BCUT2D eigenvalue weighted by Crippen LogP contribution is 2.48. The van der Waals surface area contributed by atoms with Gasteiger partial charge in [0.25, 0.3) is 5.91 Å². The summed E-state index contributed by atoms with van der Waals surface area (Å²) in [7, 11) is 0. The number of hydrogen-bond acceptors (Lipinski definition) is 4. The Hall–Kier alpha value is -2.90. The van der Waals surface area contributed by atoms with Gasteiger partial charge in [-0.1, -0.05) is 36.2 Å². The number of fused-ring (bicyclic) bond motifs is 1. The number of likely N-dealkylation sites (tertiary alicyclic amines) is 1. The first-order valence-electron chi connectivity index (χ1n) is 9.90. The van der Waals surface area contributed by atoms with E-state index >= 15 is 0 Å². The molecular weight excluding hydrogens is 374 g/mol. The fourth-order valence-electron chi connectivity index (χ4n) is 4.99. The SMILES string of the molecule is Cc1ccc(C2(C)NC(=O)N(CC(=O)N3C[C@@H]4CCC[C@@]4(C(=O)O)C3)C2=O)cc1. The Morgan fingerprint density at radius 2 is 1.93 bits per heavy atom. The van der Waals surface area contributed by atoms with Crippen LogP contribution in [-0.2, 0) is 19.9 Å². The number of carboxylic acids is 1. The second-order valence-electron chi connectivity index (χ2n) is 8.64. The summed E-state index contributed by atoms with van der Waals surface area (Å²) in [5.74, 6) is -1.80. The van der Waals surface area contributed by atoms with Crippen molar-refractivity contribution < 1.29 is 24.3 Å². The lowest BCUT2D eigenvalue weighted by Gasteiger charge is -2.25. The molecule has 1 aliphatic carbocycles. The predicted molar refractivity (Wildman–Crippen MR) is 103 cm³/mol. The second-order valence-corrected chi connectivity index (χ2v) is 8.64. The molecule has 1 unspecified atom stereocenters. The third-order valence-electron chi connectivity index (χ3n) is 6.85. The minimum atomic E-state index is -1.23. The van der Waals surface area contributed by atoms with Gasteiger partial charge in [0.1, 0.15) is 12.1 Å². The molecule has 0 bridgehead atoms. The Morgan fingerprint density at radius 1 is 1.24 bits per heavy atom. The van der Waals surface area contributed by atoms with Gasteiger partial charge in [-0.05, 0) is 38.2 Å². The van der Waals surface area contributed by atoms with Gasteiger partial charge >= 0.3 is 12.0 Å². The smallest absolute Gasteiger partial charge is 0.325 e.